The zero-order chi connectivity index (χ0) is 23.4. The molecule has 7 heteroatoms. The SMILES string of the molecule is CNCCCSc1cc(C(=O)NCc2c(C)cc(C)[nH]c2=O)c2c(C)cn(C(C)C)c2c1. The molecule has 3 rings (SSSR count). The lowest BCUT2D eigenvalue weighted by molar-refractivity contribution is 0.0952. The van der Waals surface area contributed by atoms with Gasteiger partial charge in [0.2, 0.25) is 0 Å². The maximum absolute atomic E-state index is 13.3. The third kappa shape index (κ3) is 5.27. The van der Waals surface area contributed by atoms with Gasteiger partial charge < -0.3 is 20.2 Å². The van der Waals surface area contributed by atoms with E-state index in [0.29, 0.717) is 17.2 Å². The summed E-state index contributed by atoms with van der Waals surface area (Å²) in [5.74, 6) is 0.823. The summed E-state index contributed by atoms with van der Waals surface area (Å²) >= 11 is 1.77. The highest BCUT2D eigenvalue weighted by Gasteiger charge is 2.19. The van der Waals surface area contributed by atoms with Crippen molar-refractivity contribution in [2.75, 3.05) is 19.3 Å². The first kappa shape index (κ1) is 24.1. The lowest BCUT2D eigenvalue weighted by Gasteiger charge is -2.14. The Kier molecular flexibility index (Phi) is 7.85. The van der Waals surface area contributed by atoms with E-state index >= 15 is 0 Å². The molecule has 0 spiro atoms. The van der Waals surface area contributed by atoms with Gasteiger partial charge in [0, 0.05) is 40.3 Å². The van der Waals surface area contributed by atoms with E-state index in [2.05, 4.69) is 46.3 Å². The molecule has 0 radical (unpaired) electrons. The van der Waals surface area contributed by atoms with Gasteiger partial charge in [-0.25, -0.2) is 0 Å². The van der Waals surface area contributed by atoms with Crippen LogP contribution in [0.3, 0.4) is 0 Å². The van der Waals surface area contributed by atoms with Crippen LogP contribution >= 0.6 is 11.8 Å². The molecule has 0 unspecified atom stereocenters. The predicted molar refractivity (Wildman–Crippen MR) is 134 cm³/mol. The number of thioether (sulfide) groups is 1. The van der Waals surface area contributed by atoms with Crippen LogP contribution in [0, 0.1) is 20.8 Å². The number of benzene rings is 1. The molecular weight excluding hydrogens is 420 g/mol. The minimum Gasteiger partial charge on any atom is -0.348 e. The largest absolute Gasteiger partial charge is 0.348 e. The van der Waals surface area contributed by atoms with Crippen LogP contribution in [0.4, 0.5) is 0 Å². The van der Waals surface area contributed by atoms with Crippen molar-refractivity contribution in [3.05, 3.63) is 62.7 Å². The average molecular weight is 455 g/mol. The van der Waals surface area contributed by atoms with Crippen molar-refractivity contribution >= 4 is 28.6 Å². The standard InChI is InChI=1S/C25H34N4O2S/c1-15(2)29-14-17(4)23-20(11-19(12-22(23)29)32-9-7-8-26-6)24(30)27-13-21-16(3)10-18(5)28-25(21)31/h10-12,14-15,26H,7-9,13H2,1-6H3,(H,27,30)(H,28,31). The number of carbonyl (C=O) groups is 1. The van der Waals surface area contributed by atoms with Gasteiger partial charge in [-0.2, -0.15) is 0 Å². The number of aryl methyl sites for hydroxylation is 3. The second-order valence-corrected chi connectivity index (χ2v) is 9.78. The highest BCUT2D eigenvalue weighted by molar-refractivity contribution is 7.99. The molecule has 2 heterocycles. The summed E-state index contributed by atoms with van der Waals surface area (Å²) in [5, 5.41) is 7.14. The van der Waals surface area contributed by atoms with Crippen molar-refractivity contribution in [2.45, 2.75) is 58.5 Å². The molecule has 3 aromatic rings. The van der Waals surface area contributed by atoms with Crippen molar-refractivity contribution in [2.24, 2.45) is 0 Å². The van der Waals surface area contributed by atoms with Crippen LogP contribution in [0.25, 0.3) is 10.9 Å². The third-order valence-electron chi connectivity index (χ3n) is 5.66. The number of rotatable bonds is 9. The van der Waals surface area contributed by atoms with E-state index in [-0.39, 0.29) is 18.0 Å². The number of nitrogens with one attached hydrogen (secondary N) is 3. The number of carbonyl (C=O) groups excluding carboxylic acids is 1. The molecule has 32 heavy (non-hydrogen) atoms. The van der Waals surface area contributed by atoms with Gasteiger partial charge in [0.15, 0.2) is 0 Å². The number of aromatic amines is 1. The number of aromatic nitrogens is 2. The van der Waals surface area contributed by atoms with Crippen molar-refractivity contribution < 1.29 is 4.79 Å². The van der Waals surface area contributed by atoms with Crippen LogP contribution in [0.15, 0.2) is 34.1 Å². The number of hydrogen-bond donors (Lipinski definition) is 3. The molecule has 0 saturated carbocycles. The normalized spacial score (nSPS) is 11.5. The van der Waals surface area contributed by atoms with Crippen LogP contribution in [0.2, 0.25) is 0 Å². The average Bonchev–Trinajstić information content (AvgIpc) is 3.06. The molecule has 0 fully saturated rings. The molecular formula is C25H34N4O2S. The van der Waals surface area contributed by atoms with Gasteiger partial charge in [-0.15, -0.1) is 11.8 Å². The minimum atomic E-state index is -0.156. The predicted octanol–water partition coefficient (Wildman–Crippen LogP) is 4.47. The quantitative estimate of drug-likeness (QED) is 0.329. The summed E-state index contributed by atoms with van der Waals surface area (Å²) < 4.78 is 2.23. The van der Waals surface area contributed by atoms with Crippen LogP contribution in [0.1, 0.15) is 59.1 Å². The fourth-order valence-electron chi connectivity index (χ4n) is 4.06. The van der Waals surface area contributed by atoms with E-state index in [1.54, 1.807) is 11.8 Å². The van der Waals surface area contributed by atoms with Gasteiger partial charge in [0.25, 0.3) is 11.5 Å². The number of H-pyrrole nitrogens is 1. The Labute approximate surface area is 194 Å². The Morgan fingerprint density at radius 2 is 1.91 bits per heavy atom. The summed E-state index contributed by atoms with van der Waals surface area (Å²) in [5.41, 5.74) is 4.96. The fraction of sp³-hybridized carbons (Fsp3) is 0.440. The summed E-state index contributed by atoms with van der Waals surface area (Å²) in [7, 11) is 1.96. The number of fused-ring (bicyclic) bond motifs is 1. The summed E-state index contributed by atoms with van der Waals surface area (Å²) in [6, 6.07) is 6.40. The Morgan fingerprint density at radius 3 is 2.56 bits per heavy atom. The van der Waals surface area contributed by atoms with E-state index in [0.717, 1.165) is 51.3 Å². The first-order valence-corrected chi connectivity index (χ1v) is 12.1. The lowest BCUT2D eigenvalue weighted by Crippen LogP contribution is -2.28. The first-order valence-electron chi connectivity index (χ1n) is 11.1. The second kappa shape index (κ2) is 10.4. The van der Waals surface area contributed by atoms with Crippen molar-refractivity contribution in [3.63, 3.8) is 0 Å². The number of pyridine rings is 1. The highest BCUT2D eigenvalue weighted by Crippen LogP contribution is 2.32. The third-order valence-corrected chi connectivity index (χ3v) is 6.72. The van der Waals surface area contributed by atoms with Gasteiger partial charge in [0.05, 0.1) is 11.1 Å². The molecule has 1 aromatic carbocycles. The van der Waals surface area contributed by atoms with E-state index in [9.17, 15) is 9.59 Å². The molecule has 0 bridgehead atoms. The summed E-state index contributed by atoms with van der Waals surface area (Å²) in [6.07, 6.45) is 3.18. The van der Waals surface area contributed by atoms with Crippen molar-refractivity contribution in [3.8, 4) is 0 Å². The molecule has 0 saturated heterocycles. The maximum atomic E-state index is 13.3. The molecule has 3 N–H and O–H groups in total. The number of amides is 1. The Bertz CT molecular complexity index is 1180. The molecule has 0 atom stereocenters. The Hall–Kier alpha value is -2.51. The van der Waals surface area contributed by atoms with Gasteiger partial charge in [-0.3, -0.25) is 9.59 Å². The van der Waals surface area contributed by atoms with E-state index in [1.165, 1.54) is 0 Å². The van der Waals surface area contributed by atoms with E-state index in [4.69, 9.17) is 0 Å². The van der Waals surface area contributed by atoms with Crippen LogP contribution in [-0.2, 0) is 6.54 Å². The molecule has 0 aliphatic heterocycles. The molecule has 172 valence electrons. The minimum absolute atomic E-state index is 0.149. The number of hydrogen-bond acceptors (Lipinski definition) is 4. The highest BCUT2D eigenvalue weighted by atomic mass is 32.2. The Morgan fingerprint density at radius 1 is 1.16 bits per heavy atom. The Balaban J connectivity index is 1.96. The summed E-state index contributed by atoms with van der Waals surface area (Å²) in [4.78, 5) is 29.6. The number of nitrogens with zero attached hydrogens (tertiary/aromatic N) is 1. The maximum Gasteiger partial charge on any atom is 0.253 e. The molecule has 6 nitrogen and oxygen atoms in total. The van der Waals surface area contributed by atoms with Gasteiger partial charge >= 0.3 is 0 Å². The lowest BCUT2D eigenvalue weighted by atomic mass is 10.1. The van der Waals surface area contributed by atoms with Crippen molar-refractivity contribution in [1.29, 1.82) is 0 Å². The van der Waals surface area contributed by atoms with Crippen molar-refractivity contribution in [1.82, 2.24) is 20.2 Å². The second-order valence-electron chi connectivity index (χ2n) is 8.61. The van der Waals surface area contributed by atoms with Crippen LogP contribution in [0.5, 0.6) is 0 Å². The molecule has 1 amide bonds. The summed E-state index contributed by atoms with van der Waals surface area (Å²) in [6.45, 7) is 11.3. The van der Waals surface area contributed by atoms with Crippen LogP contribution in [-0.4, -0.2) is 34.8 Å². The zero-order valence-corrected chi connectivity index (χ0v) is 20.7. The molecule has 0 aliphatic carbocycles. The smallest absolute Gasteiger partial charge is 0.253 e. The van der Waals surface area contributed by atoms with Crippen LogP contribution < -0.4 is 16.2 Å². The first-order chi connectivity index (χ1) is 15.2. The monoisotopic (exact) mass is 454 g/mol. The van der Waals surface area contributed by atoms with E-state index in [1.807, 2.05) is 40.0 Å². The fourth-order valence-corrected chi connectivity index (χ4v) is 4.98. The van der Waals surface area contributed by atoms with E-state index < -0.39 is 0 Å². The van der Waals surface area contributed by atoms with Gasteiger partial charge in [-0.05, 0) is 89.7 Å². The molecule has 2 aromatic heterocycles. The molecule has 0 aliphatic rings. The van der Waals surface area contributed by atoms with Gasteiger partial charge in [-0.1, -0.05) is 0 Å². The zero-order valence-electron chi connectivity index (χ0n) is 19.9. The topological polar surface area (TPSA) is 78.9 Å². The van der Waals surface area contributed by atoms with Gasteiger partial charge in [0.1, 0.15) is 0 Å².